The largest absolute Gasteiger partial charge is 0.486 e. The molecule has 0 bridgehead atoms. The predicted molar refractivity (Wildman–Crippen MR) is 126 cm³/mol. The molecule has 0 radical (unpaired) electrons. The second-order valence-corrected chi connectivity index (χ2v) is 11.4. The highest BCUT2D eigenvalue weighted by Gasteiger charge is 2.42. The van der Waals surface area contributed by atoms with Gasteiger partial charge in [0.2, 0.25) is 11.9 Å². The number of imidazole rings is 1. The lowest BCUT2D eigenvalue weighted by Crippen LogP contribution is -2.52. The minimum absolute atomic E-state index is 0.0355. The van der Waals surface area contributed by atoms with Crippen molar-refractivity contribution in [1.29, 1.82) is 5.26 Å². The first-order chi connectivity index (χ1) is 16.2. The maximum Gasteiger partial charge on any atom is 0.239 e. The summed E-state index contributed by atoms with van der Waals surface area (Å²) in [4.78, 5) is 16.3. The third-order valence-electron chi connectivity index (χ3n) is 6.46. The van der Waals surface area contributed by atoms with E-state index in [0.29, 0.717) is 60.5 Å². The van der Waals surface area contributed by atoms with Gasteiger partial charge in [0.05, 0.1) is 41.9 Å². The van der Waals surface area contributed by atoms with Gasteiger partial charge in [-0.25, -0.2) is 23.0 Å². The zero-order valence-electron chi connectivity index (χ0n) is 19.4. The number of anilines is 2. The molecule has 1 N–H and O–H groups in total. The van der Waals surface area contributed by atoms with E-state index >= 15 is 0 Å². The van der Waals surface area contributed by atoms with Crippen LogP contribution in [-0.2, 0) is 19.3 Å². The van der Waals surface area contributed by atoms with Gasteiger partial charge >= 0.3 is 0 Å². The molecule has 1 saturated heterocycles. The Balaban J connectivity index is 1.83. The van der Waals surface area contributed by atoms with Crippen LogP contribution in [0.25, 0.3) is 17.0 Å². The number of nitrogens with zero attached hydrogens (tertiary/aromatic N) is 6. The molecule has 178 valence electrons. The van der Waals surface area contributed by atoms with E-state index in [9.17, 15) is 13.7 Å². The second kappa shape index (κ2) is 7.82. The third-order valence-corrected chi connectivity index (χ3v) is 8.51. The Kier molecular flexibility index (Phi) is 5.14. The van der Waals surface area contributed by atoms with E-state index in [2.05, 4.69) is 21.3 Å². The third kappa shape index (κ3) is 3.35. The topological polar surface area (TPSA) is 135 Å². The first kappa shape index (κ1) is 22.4. The fourth-order valence-electron chi connectivity index (χ4n) is 4.20. The number of hydrogen-bond donors (Lipinski definition) is 1. The first-order valence-electron chi connectivity index (χ1n) is 10.9. The van der Waals surface area contributed by atoms with Crippen LogP contribution in [0.5, 0.6) is 5.75 Å². The molecule has 0 spiro atoms. The van der Waals surface area contributed by atoms with Crippen LogP contribution < -0.4 is 15.0 Å². The summed E-state index contributed by atoms with van der Waals surface area (Å²) in [5, 5.41) is 12.5. The average Bonchev–Trinajstić information content (AvgIpc) is 3.20. The zero-order chi connectivity index (χ0) is 24.3. The molecule has 11 nitrogen and oxygen atoms in total. The average molecular weight is 484 g/mol. The summed E-state index contributed by atoms with van der Waals surface area (Å²) in [6.45, 7) is 5.19. The monoisotopic (exact) mass is 483 g/mol. The summed E-state index contributed by atoms with van der Waals surface area (Å²) in [5.74, 6) is 1.59. The van der Waals surface area contributed by atoms with Crippen molar-refractivity contribution < 1.29 is 17.9 Å². The maximum absolute atomic E-state index is 12.8. The van der Waals surface area contributed by atoms with Gasteiger partial charge in [0.1, 0.15) is 17.0 Å². The Morgan fingerprint density at radius 1 is 1.24 bits per heavy atom. The molecule has 2 aromatic heterocycles. The van der Waals surface area contributed by atoms with Crippen molar-refractivity contribution in [3.63, 3.8) is 0 Å². The Hall–Kier alpha value is -3.43. The van der Waals surface area contributed by atoms with Crippen molar-refractivity contribution in [2.45, 2.75) is 24.6 Å². The van der Waals surface area contributed by atoms with Crippen molar-refractivity contribution in [3.05, 3.63) is 29.5 Å². The van der Waals surface area contributed by atoms with E-state index in [0.717, 1.165) is 0 Å². The normalized spacial score (nSPS) is 18.1. The fraction of sp³-hybridized carbons (Fsp3) is 0.455. The van der Waals surface area contributed by atoms with Crippen LogP contribution in [-0.4, -0.2) is 73.6 Å². The molecule has 0 amide bonds. The summed E-state index contributed by atoms with van der Waals surface area (Å²) >= 11 is 0. The van der Waals surface area contributed by atoms with Gasteiger partial charge in [0, 0.05) is 19.8 Å². The Morgan fingerprint density at radius 3 is 2.74 bits per heavy atom. The Labute approximate surface area is 197 Å². The molecule has 1 atom stereocenters. The molecule has 12 heteroatoms. The molecule has 1 unspecified atom stereocenters. The summed E-state index contributed by atoms with van der Waals surface area (Å²) in [6.07, 6.45) is 1.19. The number of fused-ring (bicyclic) bond motifs is 4. The van der Waals surface area contributed by atoms with Gasteiger partial charge in [-0.2, -0.15) is 10.2 Å². The molecule has 34 heavy (non-hydrogen) atoms. The summed E-state index contributed by atoms with van der Waals surface area (Å²) in [5.41, 5.74) is 2.01. The lowest BCUT2D eigenvalue weighted by Gasteiger charge is -2.41. The highest BCUT2D eigenvalue weighted by atomic mass is 32.2. The van der Waals surface area contributed by atoms with Crippen LogP contribution in [0.1, 0.15) is 25.1 Å². The summed E-state index contributed by atoms with van der Waals surface area (Å²) in [7, 11) is -1.84. The minimum atomic E-state index is -3.57. The summed E-state index contributed by atoms with van der Waals surface area (Å²) < 4.78 is 37.7. The van der Waals surface area contributed by atoms with E-state index in [1.165, 1.54) is 6.26 Å². The van der Waals surface area contributed by atoms with Crippen molar-refractivity contribution >= 4 is 32.6 Å². The van der Waals surface area contributed by atoms with Crippen LogP contribution in [0.4, 0.5) is 11.8 Å². The molecule has 1 aromatic carbocycles. The van der Waals surface area contributed by atoms with Crippen molar-refractivity contribution in [2.24, 2.45) is 0 Å². The lowest BCUT2D eigenvalue weighted by atomic mass is 10.1. The van der Waals surface area contributed by atoms with Crippen molar-refractivity contribution in [3.8, 4) is 17.8 Å². The number of benzene rings is 1. The molecular weight excluding hydrogens is 458 g/mol. The number of nitriles is 1. The molecule has 0 aliphatic carbocycles. The quantitative estimate of drug-likeness (QED) is 0.583. The number of sulfone groups is 1. The van der Waals surface area contributed by atoms with Gasteiger partial charge in [0.15, 0.2) is 21.4 Å². The van der Waals surface area contributed by atoms with Crippen molar-refractivity contribution in [2.75, 3.05) is 49.9 Å². The first-order valence-corrected chi connectivity index (χ1v) is 12.7. The van der Waals surface area contributed by atoms with Crippen LogP contribution in [0.2, 0.25) is 0 Å². The molecular formula is C22H25N7O4S. The molecule has 2 aliphatic rings. The number of morpholine rings is 1. The van der Waals surface area contributed by atoms with E-state index in [1.807, 2.05) is 0 Å². The highest BCUT2D eigenvalue weighted by Crippen LogP contribution is 2.43. The van der Waals surface area contributed by atoms with E-state index in [1.54, 1.807) is 43.7 Å². The smallest absolute Gasteiger partial charge is 0.239 e. The predicted octanol–water partition coefficient (Wildman–Crippen LogP) is 1.61. The van der Waals surface area contributed by atoms with Gasteiger partial charge in [-0.15, -0.1) is 0 Å². The number of rotatable bonds is 4. The maximum atomic E-state index is 12.8. The molecule has 5 rings (SSSR count). The van der Waals surface area contributed by atoms with Gasteiger partial charge in [-0.05, 0) is 32.0 Å². The van der Waals surface area contributed by atoms with Crippen molar-refractivity contribution in [1.82, 2.24) is 19.5 Å². The van der Waals surface area contributed by atoms with Crippen LogP contribution >= 0.6 is 0 Å². The van der Waals surface area contributed by atoms with Crippen LogP contribution in [0.3, 0.4) is 0 Å². The van der Waals surface area contributed by atoms with Gasteiger partial charge in [-0.3, -0.25) is 0 Å². The molecule has 3 aromatic rings. The standard InChI is InChI=1S/C22H25N7O4S/c1-22(2,34(4,30)31)18-17-19(28-7-8-32-11-14(28)12-33-17)27-21(26-18)29-16-9-13(10-23)5-6-15(16)25-20(29)24-3/h5-6,9,14H,7-8,11-12H2,1-4H3,(H,24,25). The number of ether oxygens (including phenoxy) is 2. The lowest BCUT2D eigenvalue weighted by molar-refractivity contribution is 0.0691. The van der Waals surface area contributed by atoms with E-state index in [-0.39, 0.29) is 17.7 Å². The van der Waals surface area contributed by atoms with Crippen LogP contribution in [0.15, 0.2) is 18.2 Å². The van der Waals surface area contributed by atoms with Gasteiger partial charge < -0.3 is 19.7 Å². The fourth-order valence-corrected chi connectivity index (χ4v) is 4.69. The molecule has 1 fully saturated rings. The molecule has 2 aliphatic heterocycles. The highest BCUT2D eigenvalue weighted by molar-refractivity contribution is 7.91. The minimum Gasteiger partial charge on any atom is -0.486 e. The van der Waals surface area contributed by atoms with Gasteiger partial charge in [-0.1, -0.05) is 0 Å². The zero-order valence-corrected chi connectivity index (χ0v) is 20.2. The summed E-state index contributed by atoms with van der Waals surface area (Å²) in [6, 6.07) is 7.27. The Morgan fingerprint density at radius 2 is 2.03 bits per heavy atom. The molecule has 4 heterocycles. The number of aromatic nitrogens is 4. The number of hydrogen-bond acceptors (Lipinski definition) is 10. The second-order valence-electron chi connectivity index (χ2n) is 8.88. The SMILES string of the molecule is CNc1nc2ccc(C#N)cc2n1-c1nc2c(c(C(C)(C)S(C)(=O)=O)n1)OCC1COCCN21. The number of nitrogens with one attached hydrogen (secondary N) is 1. The Bertz CT molecular complexity index is 1440. The van der Waals surface area contributed by atoms with E-state index in [4.69, 9.17) is 19.4 Å². The van der Waals surface area contributed by atoms with Gasteiger partial charge in [0.25, 0.3) is 0 Å². The molecule has 0 saturated carbocycles. The van der Waals surface area contributed by atoms with E-state index < -0.39 is 14.6 Å². The van der Waals surface area contributed by atoms with Crippen LogP contribution in [0, 0.1) is 11.3 Å².